The number of rotatable bonds is 16. The highest BCUT2D eigenvalue weighted by atomic mass is 28.4. The lowest BCUT2D eigenvalue weighted by Gasteiger charge is -2.34. The van der Waals surface area contributed by atoms with Gasteiger partial charge in [-0.1, -0.05) is 72.8 Å². The molecule has 0 aliphatic rings. The molecule has 0 spiro atoms. The summed E-state index contributed by atoms with van der Waals surface area (Å²) in [7, 11) is -3.62. The Morgan fingerprint density at radius 2 is 0.837 bits per heavy atom. The maximum Gasteiger partial charge on any atom is 0.173 e. The molecule has 6 rings (SSSR count). The minimum atomic E-state index is -1.81. The molecule has 0 fully saturated rings. The standard InChI is InChI=1S/C42H48N2O3Si2/c1-48(2,31-11-29-45-37-25-21-35(22-26-37)43-41-19-9-15-33-13-5-7-17-39(33)41)47-49(3,4)32-12-30-46-38-27-23-36(24-28-38)44-42-20-10-16-34-14-6-8-18-40(34)42/h5-10,13-28,43-44H,11-12,29-32H2,1-4H3. The maximum atomic E-state index is 6.89. The third kappa shape index (κ3) is 9.75. The zero-order chi connectivity index (χ0) is 34.1. The third-order valence-corrected chi connectivity index (χ3v) is 16.3. The monoisotopic (exact) mass is 684 g/mol. The van der Waals surface area contributed by atoms with Crippen LogP contribution in [0.25, 0.3) is 21.5 Å². The molecule has 6 aromatic rings. The van der Waals surface area contributed by atoms with Gasteiger partial charge >= 0.3 is 0 Å². The number of ether oxygens (including phenoxy) is 2. The van der Waals surface area contributed by atoms with Crippen LogP contribution >= 0.6 is 0 Å². The molecule has 0 saturated heterocycles. The molecule has 0 aliphatic heterocycles. The molecule has 0 aromatic heterocycles. The molecule has 0 unspecified atom stereocenters. The van der Waals surface area contributed by atoms with E-state index in [0.717, 1.165) is 59.2 Å². The Morgan fingerprint density at radius 1 is 0.449 bits per heavy atom. The smallest absolute Gasteiger partial charge is 0.173 e. The summed E-state index contributed by atoms with van der Waals surface area (Å²) in [5.74, 6) is 1.79. The van der Waals surface area contributed by atoms with Crippen molar-refractivity contribution >= 4 is 60.9 Å². The van der Waals surface area contributed by atoms with E-state index in [0.29, 0.717) is 13.2 Å². The molecular formula is C42H48N2O3Si2. The van der Waals surface area contributed by atoms with Crippen molar-refractivity contribution in [3.8, 4) is 11.5 Å². The summed E-state index contributed by atoms with van der Waals surface area (Å²) >= 11 is 0. The van der Waals surface area contributed by atoms with Gasteiger partial charge in [-0.2, -0.15) is 0 Å². The fraction of sp³-hybridized carbons (Fsp3) is 0.238. The average Bonchev–Trinajstić information content (AvgIpc) is 3.10. The van der Waals surface area contributed by atoms with Gasteiger partial charge in [0, 0.05) is 33.5 Å². The molecule has 0 amide bonds. The first kappa shape index (κ1) is 34.3. The predicted octanol–water partition coefficient (Wildman–Crippen LogP) is 12.1. The highest BCUT2D eigenvalue weighted by molar-refractivity contribution is 6.84. The molecule has 0 bridgehead atoms. The Morgan fingerprint density at radius 3 is 1.27 bits per heavy atom. The SMILES string of the molecule is C[Si](C)(CCCOc1ccc(Nc2cccc3ccccc23)cc1)O[Si](C)(C)CCCOc1ccc(Nc2cccc3ccccc23)cc1. The van der Waals surface area contributed by atoms with Crippen LogP contribution in [0.1, 0.15) is 12.8 Å². The van der Waals surface area contributed by atoms with Gasteiger partial charge in [-0.25, -0.2) is 0 Å². The molecule has 0 aliphatic carbocycles. The Balaban J connectivity index is 0.884. The minimum Gasteiger partial charge on any atom is -0.494 e. The van der Waals surface area contributed by atoms with E-state index in [2.05, 4.69) is 146 Å². The topological polar surface area (TPSA) is 51.8 Å². The Labute approximate surface area is 293 Å². The van der Waals surface area contributed by atoms with Gasteiger partial charge in [0.2, 0.25) is 0 Å². The molecule has 2 N–H and O–H groups in total. The first-order valence-corrected chi connectivity index (χ1v) is 23.6. The molecule has 49 heavy (non-hydrogen) atoms. The van der Waals surface area contributed by atoms with Gasteiger partial charge in [-0.05, 0) is 123 Å². The van der Waals surface area contributed by atoms with Crippen molar-refractivity contribution in [3.05, 3.63) is 133 Å². The van der Waals surface area contributed by atoms with Crippen molar-refractivity contribution < 1.29 is 13.6 Å². The molecule has 252 valence electrons. The van der Waals surface area contributed by atoms with Crippen molar-refractivity contribution in [2.45, 2.75) is 51.1 Å². The number of hydrogen-bond donors (Lipinski definition) is 2. The van der Waals surface area contributed by atoms with Crippen molar-refractivity contribution in [2.75, 3.05) is 23.8 Å². The van der Waals surface area contributed by atoms with Crippen LogP contribution in [-0.2, 0) is 4.12 Å². The number of benzene rings is 6. The Kier molecular flexibility index (Phi) is 11.0. The van der Waals surface area contributed by atoms with E-state index >= 15 is 0 Å². The lowest BCUT2D eigenvalue weighted by atomic mass is 10.1. The third-order valence-electron chi connectivity index (χ3n) is 8.78. The lowest BCUT2D eigenvalue weighted by molar-refractivity contribution is 0.312. The van der Waals surface area contributed by atoms with Crippen LogP contribution in [-0.4, -0.2) is 29.8 Å². The predicted molar refractivity (Wildman–Crippen MR) is 213 cm³/mol. The summed E-state index contributed by atoms with van der Waals surface area (Å²) in [4.78, 5) is 0. The van der Waals surface area contributed by atoms with Crippen LogP contribution < -0.4 is 20.1 Å². The van der Waals surface area contributed by atoms with Crippen LogP contribution in [0, 0.1) is 0 Å². The molecule has 0 heterocycles. The summed E-state index contributed by atoms with van der Waals surface area (Å²) < 4.78 is 19.1. The molecule has 7 heteroatoms. The first-order valence-electron chi connectivity index (χ1n) is 17.4. The second-order valence-corrected chi connectivity index (χ2v) is 22.7. The van der Waals surface area contributed by atoms with Crippen LogP contribution in [0.5, 0.6) is 11.5 Å². The molecule has 0 saturated carbocycles. The maximum absolute atomic E-state index is 6.89. The van der Waals surface area contributed by atoms with Crippen LogP contribution in [0.2, 0.25) is 38.3 Å². The largest absolute Gasteiger partial charge is 0.494 e. The highest BCUT2D eigenvalue weighted by Crippen LogP contribution is 2.29. The van der Waals surface area contributed by atoms with E-state index in [1.165, 1.54) is 21.5 Å². The molecule has 6 aromatic carbocycles. The van der Waals surface area contributed by atoms with Gasteiger partial charge in [0.1, 0.15) is 11.5 Å². The van der Waals surface area contributed by atoms with Crippen molar-refractivity contribution in [1.82, 2.24) is 0 Å². The first-order chi connectivity index (χ1) is 23.7. The normalized spacial score (nSPS) is 11.8. The second-order valence-electron chi connectivity index (χ2n) is 13.9. The quantitative estimate of drug-likeness (QED) is 0.0785. The number of fused-ring (bicyclic) bond motifs is 2. The summed E-state index contributed by atoms with van der Waals surface area (Å²) in [5, 5.41) is 12.0. The van der Waals surface area contributed by atoms with E-state index < -0.39 is 16.6 Å². The number of hydrogen-bond acceptors (Lipinski definition) is 5. The lowest BCUT2D eigenvalue weighted by Crippen LogP contribution is -2.44. The fourth-order valence-corrected chi connectivity index (χ4v) is 15.3. The summed E-state index contributed by atoms with van der Waals surface area (Å²) in [6.07, 6.45) is 1.99. The second kappa shape index (κ2) is 15.8. The van der Waals surface area contributed by atoms with Crippen molar-refractivity contribution in [2.24, 2.45) is 0 Å². The molecule has 0 radical (unpaired) electrons. The Bertz CT molecular complexity index is 1810. The molecule has 5 nitrogen and oxygen atoms in total. The van der Waals surface area contributed by atoms with Gasteiger partial charge in [-0.3, -0.25) is 0 Å². The summed E-state index contributed by atoms with van der Waals surface area (Å²) in [6, 6.07) is 48.2. The van der Waals surface area contributed by atoms with E-state index in [9.17, 15) is 0 Å². The van der Waals surface area contributed by atoms with Crippen LogP contribution in [0.4, 0.5) is 22.7 Å². The highest BCUT2D eigenvalue weighted by Gasteiger charge is 2.32. The van der Waals surface area contributed by atoms with Crippen LogP contribution in [0.15, 0.2) is 133 Å². The molecular weight excluding hydrogens is 637 g/mol. The zero-order valence-corrected chi connectivity index (χ0v) is 31.2. The zero-order valence-electron chi connectivity index (χ0n) is 29.2. The van der Waals surface area contributed by atoms with Gasteiger partial charge in [0.25, 0.3) is 0 Å². The van der Waals surface area contributed by atoms with E-state index in [4.69, 9.17) is 13.6 Å². The van der Waals surface area contributed by atoms with Gasteiger partial charge < -0.3 is 24.2 Å². The Hall–Kier alpha value is -4.57. The van der Waals surface area contributed by atoms with Crippen molar-refractivity contribution in [3.63, 3.8) is 0 Å². The summed E-state index contributed by atoms with van der Waals surface area (Å²) in [5.41, 5.74) is 4.31. The number of nitrogens with one attached hydrogen (secondary N) is 2. The van der Waals surface area contributed by atoms with E-state index in [1.54, 1.807) is 0 Å². The van der Waals surface area contributed by atoms with Crippen molar-refractivity contribution in [1.29, 1.82) is 0 Å². The minimum absolute atomic E-state index is 0.696. The molecule has 0 atom stereocenters. The van der Waals surface area contributed by atoms with Crippen LogP contribution in [0.3, 0.4) is 0 Å². The van der Waals surface area contributed by atoms with Gasteiger partial charge in [0.15, 0.2) is 16.6 Å². The van der Waals surface area contributed by atoms with Gasteiger partial charge in [-0.15, -0.1) is 0 Å². The average molecular weight is 685 g/mol. The van der Waals surface area contributed by atoms with E-state index in [1.807, 2.05) is 24.3 Å². The van der Waals surface area contributed by atoms with Gasteiger partial charge in [0.05, 0.1) is 13.2 Å². The summed E-state index contributed by atoms with van der Waals surface area (Å²) in [6.45, 7) is 10.8. The van der Waals surface area contributed by atoms with E-state index in [-0.39, 0.29) is 0 Å². The fourth-order valence-electron chi connectivity index (χ4n) is 6.47. The number of anilines is 4.